The Labute approximate surface area is 95.6 Å². The van der Waals surface area contributed by atoms with Crippen LogP contribution in [0.5, 0.6) is 0 Å². The van der Waals surface area contributed by atoms with Crippen LogP contribution in [0.15, 0.2) is 16.6 Å². The van der Waals surface area contributed by atoms with Crippen molar-refractivity contribution >= 4 is 55.4 Å². The minimum absolute atomic E-state index is 0.0772. The van der Waals surface area contributed by atoms with Gasteiger partial charge in [-0.05, 0) is 62.3 Å². The van der Waals surface area contributed by atoms with Crippen LogP contribution < -0.4 is 0 Å². The second-order valence-electron chi connectivity index (χ2n) is 1.99. The van der Waals surface area contributed by atoms with Crippen LogP contribution in [0.4, 0.5) is 4.39 Å². The van der Waals surface area contributed by atoms with Crippen LogP contribution >= 0.6 is 50.1 Å². The quantitative estimate of drug-likeness (QED) is 0.424. The first-order valence-corrected chi connectivity index (χ1v) is 5.12. The summed E-state index contributed by atoms with van der Waals surface area (Å²) in [6, 6.07) is 2.72. The SMILES string of the molecule is O=C(Cl)c1c(F)ccc(Br)c1I. The van der Waals surface area contributed by atoms with Crippen molar-refractivity contribution in [3.63, 3.8) is 0 Å². The van der Waals surface area contributed by atoms with Crippen molar-refractivity contribution in [3.8, 4) is 0 Å². The molecule has 0 N–H and O–H groups in total. The lowest BCUT2D eigenvalue weighted by atomic mass is 10.2. The zero-order valence-electron chi connectivity index (χ0n) is 5.57. The van der Waals surface area contributed by atoms with E-state index in [0.717, 1.165) is 0 Å². The van der Waals surface area contributed by atoms with Crippen molar-refractivity contribution in [3.05, 3.63) is 31.6 Å². The number of hydrogen-bond donors (Lipinski definition) is 0. The second kappa shape index (κ2) is 4.02. The summed E-state index contributed by atoms with van der Waals surface area (Å²) in [6.07, 6.45) is 0. The summed E-state index contributed by atoms with van der Waals surface area (Å²) < 4.78 is 14.1. The first-order valence-electron chi connectivity index (χ1n) is 2.87. The van der Waals surface area contributed by atoms with E-state index in [9.17, 15) is 9.18 Å². The van der Waals surface area contributed by atoms with Crippen molar-refractivity contribution in [2.45, 2.75) is 0 Å². The van der Waals surface area contributed by atoms with Gasteiger partial charge < -0.3 is 0 Å². The topological polar surface area (TPSA) is 17.1 Å². The summed E-state index contributed by atoms with van der Waals surface area (Å²) in [5.74, 6) is -0.595. The van der Waals surface area contributed by atoms with Gasteiger partial charge in [0.15, 0.2) is 0 Å². The van der Waals surface area contributed by atoms with Gasteiger partial charge in [0.2, 0.25) is 0 Å². The van der Waals surface area contributed by atoms with E-state index in [1.54, 1.807) is 0 Å². The van der Waals surface area contributed by atoms with E-state index in [4.69, 9.17) is 11.6 Å². The highest BCUT2D eigenvalue weighted by Crippen LogP contribution is 2.25. The standard InChI is InChI=1S/C7H2BrClFIO/c8-3-1-2-4(10)5(6(3)11)7(9)12/h1-2H. The molecule has 0 spiro atoms. The van der Waals surface area contributed by atoms with E-state index >= 15 is 0 Å². The van der Waals surface area contributed by atoms with Gasteiger partial charge in [-0.2, -0.15) is 0 Å². The van der Waals surface area contributed by atoms with E-state index in [1.807, 2.05) is 22.6 Å². The Balaban J connectivity index is 3.43. The molecule has 0 amide bonds. The molecule has 0 heterocycles. The Bertz CT molecular complexity index is 342. The Morgan fingerprint density at radius 2 is 2.17 bits per heavy atom. The number of carbonyl (C=O) groups is 1. The molecule has 0 aromatic heterocycles. The molecule has 1 rings (SSSR count). The lowest BCUT2D eigenvalue weighted by Crippen LogP contribution is -1.98. The van der Waals surface area contributed by atoms with Crippen LogP contribution in [0, 0.1) is 9.39 Å². The summed E-state index contributed by atoms with van der Waals surface area (Å²) in [5.41, 5.74) is -0.0772. The smallest absolute Gasteiger partial charge is 0.256 e. The summed E-state index contributed by atoms with van der Waals surface area (Å²) >= 11 is 10.2. The molecule has 0 atom stereocenters. The van der Waals surface area contributed by atoms with E-state index in [0.29, 0.717) is 8.04 Å². The van der Waals surface area contributed by atoms with Gasteiger partial charge in [-0.1, -0.05) is 0 Å². The summed E-state index contributed by atoms with van der Waals surface area (Å²) in [4.78, 5) is 10.7. The minimum Gasteiger partial charge on any atom is -0.275 e. The van der Waals surface area contributed by atoms with Gasteiger partial charge in [-0.3, -0.25) is 4.79 Å². The maximum Gasteiger partial charge on any atom is 0.256 e. The number of hydrogen-bond acceptors (Lipinski definition) is 1. The van der Waals surface area contributed by atoms with Crippen LogP contribution in [0.25, 0.3) is 0 Å². The Morgan fingerprint density at radius 3 is 2.58 bits per heavy atom. The van der Waals surface area contributed by atoms with Crippen LogP contribution in [0.2, 0.25) is 0 Å². The van der Waals surface area contributed by atoms with E-state index in [-0.39, 0.29) is 5.56 Å². The Kier molecular flexibility index (Phi) is 3.48. The average molecular weight is 363 g/mol. The molecule has 12 heavy (non-hydrogen) atoms. The maximum atomic E-state index is 13.0. The largest absolute Gasteiger partial charge is 0.275 e. The zero-order chi connectivity index (χ0) is 9.30. The van der Waals surface area contributed by atoms with Crippen LogP contribution in [0.1, 0.15) is 10.4 Å². The van der Waals surface area contributed by atoms with Gasteiger partial charge in [-0.25, -0.2) is 4.39 Å². The molecule has 64 valence electrons. The van der Waals surface area contributed by atoms with Crippen LogP contribution in [-0.4, -0.2) is 5.24 Å². The number of rotatable bonds is 1. The van der Waals surface area contributed by atoms with Gasteiger partial charge in [-0.15, -0.1) is 0 Å². The van der Waals surface area contributed by atoms with E-state index in [1.165, 1.54) is 12.1 Å². The molecule has 0 fully saturated rings. The minimum atomic E-state index is -0.779. The molecule has 1 aromatic rings. The number of carbonyl (C=O) groups excluding carboxylic acids is 1. The van der Waals surface area contributed by atoms with Gasteiger partial charge in [0.1, 0.15) is 5.82 Å². The fourth-order valence-corrected chi connectivity index (χ4v) is 2.06. The molecule has 0 aliphatic rings. The van der Waals surface area contributed by atoms with Crippen LogP contribution in [0.3, 0.4) is 0 Å². The Hall–Kier alpha value is 0.320. The molecule has 0 saturated carbocycles. The second-order valence-corrected chi connectivity index (χ2v) is 4.27. The highest BCUT2D eigenvalue weighted by Gasteiger charge is 2.15. The van der Waals surface area contributed by atoms with Crippen molar-refractivity contribution in [1.29, 1.82) is 0 Å². The third-order valence-corrected chi connectivity index (χ3v) is 3.95. The molecule has 5 heteroatoms. The Morgan fingerprint density at radius 1 is 1.58 bits per heavy atom. The third-order valence-electron chi connectivity index (χ3n) is 1.24. The first-order chi connectivity index (χ1) is 5.54. The molecule has 0 aliphatic carbocycles. The fraction of sp³-hybridized carbons (Fsp3) is 0. The monoisotopic (exact) mass is 362 g/mol. The lowest BCUT2D eigenvalue weighted by Gasteiger charge is -2.01. The maximum absolute atomic E-state index is 13.0. The predicted octanol–water partition coefficient (Wildman–Crippen LogP) is 3.57. The molecular weight excluding hydrogens is 361 g/mol. The first kappa shape index (κ1) is 10.4. The van der Waals surface area contributed by atoms with Crippen molar-refractivity contribution in [1.82, 2.24) is 0 Å². The number of benzene rings is 1. The summed E-state index contributed by atoms with van der Waals surface area (Å²) in [7, 11) is 0. The van der Waals surface area contributed by atoms with Crippen molar-refractivity contribution in [2.75, 3.05) is 0 Å². The van der Waals surface area contributed by atoms with Gasteiger partial charge in [0.05, 0.1) is 5.56 Å². The normalized spacial score (nSPS) is 10.0. The lowest BCUT2D eigenvalue weighted by molar-refractivity contribution is 0.107. The zero-order valence-corrected chi connectivity index (χ0v) is 10.1. The summed E-state index contributed by atoms with van der Waals surface area (Å²) in [5, 5.41) is -0.779. The summed E-state index contributed by atoms with van der Waals surface area (Å²) in [6.45, 7) is 0. The van der Waals surface area contributed by atoms with Gasteiger partial charge in [0, 0.05) is 8.04 Å². The van der Waals surface area contributed by atoms with Crippen LogP contribution in [-0.2, 0) is 0 Å². The van der Waals surface area contributed by atoms with E-state index < -0.39 is 11.1 Å². The number of halogens is 4. The van der Waals surface area contributed by atoms with Crippen molar-refractivity contribution < 1.29 is 9.18 Å². The molecule has 0 saturated heterocycles. The average Bonchev–Trinajstić information content (AvgIpc) is 1.97. The van der Waals surface area contributed by atoms with Gasteiger partial charge >= 0.3 is 0 Å². The molecule has 0 unspecified atom stereocenters. The van der Waals surface area contributed by atoms with Gasteiger partial charge in [0.25, 0.3) is 5.24 Å². The van der Waals surface area contributed by atoms with E-state index in [2.05, 4.69) is 15.9 Å². The molecular formula is C7H2BrClFIO. The highest BCUT2D eigenvalue weighted by molar-refractivity contribution is 14.1. The highest BCUT2D eigenvalue weighted by atomic mass is 127. The molecule has 0 bridgehead atoms. The molecule has 0 radical (unpaired) electrons. The third kappa shape index (κ3) is 1.97. The molecule has 1 aromatic carbocycles. The van der Waals surface area contributed by atoms with Crippen molar-refractivity contribution in [2.24, 2.45) is 0 Å². The fourth-order valence-electron chi connectivity index (χ4n) is 0.707. The predicted molar refractivity (Wildman–Crippen MR) is 57.0 cm³/mol. The molecule has 1 nitrogen and oxygen atoms in total. The molecule has 0 aliphatic heterocycles.